The van der Waals surface area contributed by atoms with Crippen molar-refractivity contribution < 1.29 is 14.2 Å². The number of morpholine rings is 1. The molecule has 2 saturated heterocycles. The van der Waals surface area contributed by atoms with Crippen LogP contribution in [0.5, 0.6) is 0 Å². The van der Waals surface area contributed by atoms with Crippen molar-refractivity contribution in [3.63, 3.8) is 0 Å². The Labute approximate surface area is 121 Å². The number of likely N-dealkylation sites (N-methyl/N-ethyl adjacent to an activating group) is 1. The maximum atomic E-state index is 5.84. The van der Waals surface area contributed by atoms with Crippen LogP contribution in [0.2, 0.25) is 0 Å². The van der Waals surface area contributed by atoms with Crippen LogP contribution in [0.4, 0.5) is 0 Å². The lowest BCUT2D eigenvalue weighted by molar-refractivity contribution is -0.179. The molecule has 3 rings (SSSR count). The van der Waals surface area contributed by atoms with Gasteiger partial charge in [0.05, 0.1) is 25.9 Å². The number of rotatable bonds is 4. The molecule has 3 aliphatic rings. The van der Waals surface area contributed by atoms with Crippen LogP contribution in [-0.2, 0) is 14.2 Å². The highest BCUT2D eigenvalue weighted by atomic mass is 16.7. The van der Waals surface area contributed by atoms with Crippen molar-refractivity contribution in [2.24, 2.45) is 0 Å². The summed E-state index contributed by atoms with van der Waals surface area (Å²) in [5, 5.41) is 3.68. The molecular formula is C15H28N2O3. The van der Waals surface area contributed by atoms with E-state index in [9.17, 15) is 0 Å². The molecule has 20 heavy (non-hydrogen) atoms. The second kappa shape index (κ2) is 6.71. The average Bonchev–Trinajstić information content (AvgIpc) is 2.95. The molecule has 3 fully saturated rings. The number of nitrogens with zero attached hydrogens (tertiary/aromatic N) is 1. The van der Waals surface area contributed by atoms with Crippen LogP contribution in [0.25, 0.3) is 0 Å². The van der Waals surface area contributed by atoms with Gasteiger partial charge in [-0.15, -0.1) is 0 Å². The van der Waals surface area contributed by atoms with Crippen LogP contribution in [0.15, 0.2) is 0 Å². The van der Waals surface area contributed by atoms with Crippen LogP contribution >= 0.6 is 0 Å². The van der Waals surface area contributed by atoms with Crippen LogP contribution < -0.4 is 5.32 Å². The lowest BCUT2D eigenvalue weighted by atomic mass is 9.90. The summed E-state index contributed by atoms with van der Waals surface area (Å²) in [5.74, 6) is -0.238. The molecule has 0 aromatic rings. The first kappa shape index (κ1) is 14.7. The molecule has 5 nitrogen and oxygen atoms in total. The molecule has 1 spiro atoms. The fraction of sp³-hybridized carbons (Fsp3) is 1.00. The zero-order valence-corrected chi connectivity index (χ0v) is 12.6. The van der Waals surface area contributed by atoms with E-state index in [1.165, 1.54) is 0 Å². The van der Waals surface area contributed by atoms with Crippen LogP contribution in [-0.4, -0.2) is 68.8 Å². The zero-order valence-electron chi connectivity index (χ0n) is 12.6. The average molecular weight is 284 g/mol. The zero-order chi connectivity index (χ0) is 13.8. The Morgan fingerprint density at radius 1 is 1.15 bits per heavy atom. The van der Waals surface area contributed by atoms with Crippen molar-refractivity contribution in [3.05, 3.63) is 0 Å². The monoisotopic (exact) mass is 284 g/mol. The van der Waals surface area contributed by atoms with Crippen LogP contribution in [0.1, 0.15) is 32.6 Å². The molecule has 0 amide bonds. The topological polar surface area (TPSA) is 43.0 Å². The first-order valence-corrected chi connectivity index (χ1v) is 8.15. The minimum Gasteiger partial charge on any atom is -0.374 e. The second-order valence-corrected chi connectivity index (χ2v) is 6.18. The van der Waals surface area contributed by atoms with Gasteiger partial charge in [-0.3, -0.25) is 4.90 Å². The molecule has 1 saturated carbocycles. The van der Waals surface area contributed by atoms with E-state index in [0.29, 0.717) is 12.1 Å². The number of ether oxygens (including phenoxy) is 3. The van der Waals surface area contributed by atoms with Gasteiger partial charge in [-0.1, -0.05) is 6.92 Å². The molecule has 5 heteroatoms. The minimum atomic E-state index is -0.238. The maximum absolute atomic E-state index is 5.84. The van der Waals surface area contributed by atoms with Crippen molar-refractivity contribution in [1.82, 2.24) is 10.2 Å². The van der Waals surface area contributed by atoms with Gasteiger partial charge in [0, 0.05) is 38.5 Å². The molecule has 116 valence electrons. The predicted molar refractivity (Wildman–Crippen MR) is 76.7 cm³/mol. The van der Waals surface area contributed by atoms with Crippen molar-refractivity contribution in [1.29, 1.82) is 0 Å². The predicted octanol–water partition coefficient (Wildman–Crippen LogP) is 0.982. The molecule has 1 unspecified atom stereocenters. The highest BCUT2D eigenvalue weighted by Crippen LogP contribution is 2.35. The molecule has 0 bridgehead atoms. The summed E-state index contributed by atoms with van der Waals surface area (Å²) in [7, 11) is 0. The summed E-state index contributed by atoms with van der Waals surface area (Å²) in [6, 6.07) is 0.592. The normalized spacial score (nSPS) is 31.9. The van der Waals surface area contributed by atoms with Gasteiger partial charge in [0.2, 0.25) is 0 Å². The lowest BCUT2D eigenvalue weighted by Crippen LogP contribution is -2.49. The summed E-state index contributed by atoms with van der Waals surface area (Å²) in [6.07, 6.45) is 4.68. The third kappa shape index (κ3) is 3.52. The second-order valence-electron chi connectivity index (χ2n) is 6.18. The highest BCUT2D eigenvalue weighted by molar-refractivity contribution is 4.86. The van der Waals surface area contributed by atoms with E-state index >= 15 is 0 Å². The molecule has 0 aromatic heterocycles. The first-order valence-electron chi connectivity index (χ1n) is 8.15. The van der Waals surface area contributed by atoms with E-state index in [4.69, 9.17) is 14.2 Å². The fourth-order valence-corrected chi connectivity index (χ4v) is 3.54. The van der Waals surface area contributed by atoms with Gasteiger partial charge in [0.1, 0.15) is 0 Å². The van der Waals surface area contributed by atoms with Gasteiger partial charge in [0.15, 0.2) is 5.79 Å². The van der Waals surface area contributed by atoms with E-state index in [1.807, 2.05) is 0 Å². The van der Waals surface area contributed by atoms with E-state index in [2.05, 4.69) is 17.1 Å². The smallest absolute Gasteiger partial charge is 0.168 e. The number of hydrogen-bond acceptors (Lipinski definition) is 5. The van der Waals surface area contributed by atoms with Gasteiger partial charge in [-0.25, -0.2) is 0 Å². The number of nitrogens with one attached hydrogen (secondary N) is 1. The molecule has 0 radical (unpaired) electrons. The van der Waals surface area contributed by atoms with Crippen LogP contribution in [0.3, 0.4) is 0 Å². The Bertz CT molecular complexity index is 297. The third-order valence-electron chi connectivity index (χ3n) is 4.87. The quantitative estimate of drug-likeness (QED) is 0.834. The Hall–Kier alpha value is -0.200. The van der Waals surface area contributed by atoms with Gasteiger partial charge >= 0.3 is 0 Å². The molecule has 1 aliphatic carbocycles. The number of hydrogen-bond donors (Lipinski definition) is 1. The highest BCUT2D eigenvalue weighted by Gasteiger charge is 2.40. The molecule has 1 atom stereocenters. The lowest BCUT2D eigenvalue weighted by Gasteiger charge is -2.37. The Morgan fingerprint density at radius 3 is 2.60 bits per heavy atom. The summed E-state index contributed by atoms with van der Waals surface area (Å²) in [5.41, 5.74) is 0. The van der Waals surface area contributed by atoms with Gasteiger partial charge < -0.3 is 19.5 Å². The van der Waals surface area contributed by atoms with Crippen molar-refractivity contribution in [2.75, 3.05) is 46.0 Å². The van der Waals surface area contributed by atoms with Crippen molar-refractivity contribution in [3.8, 4) is 0 Å². The van der Waals surface area contributed by atoms with Crippen LogP contribution in [0, 0.1) is 0 Å². The molecular weight excluding hydrogens is 256 g/mol. The molecule has 2 heterocycles. The fourth-order valence-electron chi connectivity index (χ4n) is 3.54. The third-order valence-corrected chi connectivity index (χ3v) is 4.87. The van der Waals surface area contributed by atoms with Crippen molar-refractivity contribution >= 4 is 0 Å². The molecule has 2 aliphatic heterocycles. The summed E-state index contributed by atoms with van der Waals surface area (Å²) in [6.45, 7) is 8.85. The Morgan fingerprint density at radius 2 is 1.90 bits per heavy atom. The van der Waals surface area contributed by atoms with E-state index in [-0.39, 0.29) is 5.79 Å². The Balaban J connectivity index is 1.37. The Kier molecular flexibility index (Phi) is 4.94. The van der Waals surface area contributed by atoms with E-state index in [0.717, 1.165) is 71.7 Å². The van der Waals surface area contributed by atoms with Gasteiger partial charge in [0.25, 0.3) is 0 Å². The maximum Gasteiger partial charge on any atom is 0.168 e. The summed E-state index contributed by atoms with van der Waals surface area (Å²) < 4.78 is 17.4. The van der Waals surface area contributed by atoms with Gasteiger partial charge in [-0.05, 0) is 19.4 Å². The minimum absolute atomic E-state index is 0.238. The first-order chi connectivity index (χ1) is 9.80. The largest absolute Gasteiger partial charge is 0.374 e. The van der Waals surface area contributed by atoms with Crippen molar-refractivity contribution in [2.45, 2.75) is 50.5 Å². The molecule has 0 aromatic carbocycles. The molecule has 1 N–H and O–H groups in total. The van der Waals surface area contributed by atoms with E-state index in [1.54, 1.807) is 0 Å². The van der Waals surface area contributed by atoms with E-state index < -0.39 is 0 Å². The summed E-state index contributed by atoms with van der Waals surface area (Å²) in [4.78, 5) is 2.46. The summed E-state index contributed by atoms with van der Waals surface area (Å²) >= 11 is 0. The van der Waals surface area contributed by atoms with Gasteiger partial charge in [-0.2, -0.15) is 0 Å². The standard InChI is InChI=1S/C15H28N2O3/c1-2-17-7-8-18-14(12-17)11-16-13-3-5-15(6-4-13)19-9-10-20-15/h13-14,16H,2-12H2,1H3. The SMILES string of the molecule is CCN1CCOC(CNC2CCC3(CC2)OCCO3)C1.